The Balaban J connectivity index is 1.96. The van der Waals surface area contributed by atoms with Crippen LogP contribution in [0.2, 0.25) is 0 Å². The highest BCUT2D eigenvalue weighted by Crippen LogP contribution is 2.20. The van der Waals surface area contributed by atoms with Crippen LogP contribution in [-0.2, 0) is 14.8 Å². The van der Waals surface area contributed by atoms with Gasteiger partial charge in [0.25, 0.3) is 0 Å². The smallest absolute Gasteiger partial charge is 0.232 e. The van der Waals surface area contributed by atoms with Gasteiger partial charge in [-0.2, -0.15) is 0 Å². The van der Waals surface area contributed by atoms with E-state index in [4.69, 9.17) is 5.73 Å². The van der Waals surface area contributed by atoms with Crippen molar-refractivity contribution in [3.63, 3.8) is 0 Å². The molecule has 0 heterocycles. The van der Waals surface area contributed by atoms with E-state index in [-0.39, 0.29) is 23.6 Å². The van der Waals surface area contributed by atoms with E-state index in [1.807, 2.05) is 12.2 Å². The average Bonchev–Trinajstić information content (AvgIpc) is 2.87. The summed E-state index contributed by atoms with van der Waals surface area (Å²) in [5.74, 6) is -0.306. The van der Waals surface area contributed by atoms with Gasteiger partial charge < -0.3 is 11.1 Å². The molecule has 0 saturated heterocycles. The Labute approximate surface area is 124 Å². The summed E-state index contributed by atoms with van der Waals surface area (Å²) in [5.41, 5.74) is 6.80. The molecule has 1 aliphatic rings. The van der Waals surface area contributed by atoms with E-state index in [0.717, 1.165) is 0 Å². The number of anilines is 2. The van der Waals surface area contributed by atoms with Gasteiger partial charge in [0.15, 0.2) is 0 Å². The van der Waals surface area contributed by atoms with Crippen LogP contribution in [0.25, 0.3) is 0 Å². The van der Waals surface area contributed by atoms with Gasteiger partial charge in [0.05, 0.1) is 11.7 Å². The minimum Gasteiger partial charge on any atom is -0.326 e. The van der Waals surface area contributed by atoms with E-state index in [0.29, 0.717) is 17.8 Å². The number of sulfonamides is 1. The number of hydrogen-bond acceptors (Lipinski definition) is 4. The van der Waals surface area contributed by atoms with Crippen molar-refractivity contribution >= 4 is 27.3 Å². The molecule has 2 unspecified atom stereocenters. The van der Waals surface area contributed by atoms with Gasteiger partial charge in [0.1, 0.15) is 0 Å². The molecule has 114 valence electrons. The molecule has 1 aromatic carbocycles. The summed E-state index contributed by atoms with van der Waals surface area (Å²) in [6.07, 6.45) is 4.25. The molecular weight excluding hydrogens is 290 g/mol. The van der Waals surface area contributed by atoms with Crippen molar-refractivity contribution < 1.29 is 13.2 Å². The van der Waals surface area contributed by atoms with Gasteiger partial charge in [-0.3, -0.25) is 9.52 Å². The molecule has 0 radical (unpaired) electrons. The summed E-state index contributed by atoms with van der Waals surface area (Å²) < 4.78 is 25.3. The third kappa shape index (κ3) is 4.30. The molecule has 7 heteroatoms. The fraction of sp³-hybridized carbons (Fsp3) is 0.357. The highest BCUT2D eigenvalue weighted by molar-refractivity contribution is 7.92. The van der Waals surface area contributed by atoms with E-state index in [9.17, 15) is 13.2 Å². The number of rotatable bonds is 5. The van der Waals surface area contributed by atoms with Crippen molar-refractivity contribution in [3.05, 3.63) is 36.4 Å². The molecule has 0 bridgehead atoms. The van der Waals surface area contributed by atoms with Gasteiger partial charge in [-0.05, 0) is 37.6 Å². The van der Waals surface area contributed by atoms with E-state index in [2.05, 4.69) is 10.0 Å². The minimum atomic E-state index is -3.29. The van der Waals surface area contributed by atoms with Crippen LogP contribution in [0.4, 0.5) is 11.4 Å². The second-order valence-electron chi connectivity index (χ2n) is 4.96. The van der Waals surface area contributed by atoms with E-state index in [1.165, 1.54) is 0 Å². The maximum atomic E-state index is 12.0. The van der Waals surface area contributed by atoms with Crippen LogP contribution in [0.3, 0.4) is 0 Å². The highest BCUT2D eigenvalue weighted by Gasteiger charge is 2.22. The number of nitrogens with one attached hydrogen (secondary N) is 2. The standard InChI is InChI=1S/C14H19N3O3S/c1-2-21(19,20)17-13-7-5-12(6-8-13)16-14(18)10-3-4-11(15)9-10/h3-8,10-11,17H,2,9,15H2,1H3,(H,16,18). The highest BCUT2D eigenvalue weighted by atomic mass is 32.2. The normalized spacial score (nSPS) is 21.2. The Bertz CT molecular complexity index is 638. The fourth-order valence-corrected chi connectivity index (χ4v) is 2.67. The number of carbonyl (C=O) groups excluding carboxylic acids is 1. The minimum absolute atomic E-state index is 0.0136. The molecule has 0 saturated carbocycles. The predicted molar refractivity (Wildman–Crippen MR) is 83.4 cm³/mol. The van der Waals surface area contributed by atoms with Gasteiger partial charge in [-0.1, -0.05) is 12.2 Å². The number of amides is 1. The fourth-order valence-electron chi connectivity index (χ4n) is 2.03. The summed E-state index contributed by atoms with van der Waals surface area (Å²) in [6.45, 7) is 1.57. The van der Waals surface area contributed by atoms with Crippen molar-refractivity contribution in [2.75, 3.05) is 15.8 Å². The Morgan fingerprint density at radius 1 is 1.24 bits per heavy atom. The second-order valence-corrected chi connectivity index (χ2v) is 6.97. The summed E-state index contributed by atoms with van der Waals surface area (Å²) in [6, 6.07) is 6.47. The van der Waals surface area contributed by atoms with Gasteiger partial charge in [-0.25, -0.2) is 8.42 Å². The maximum absolute atomic E-state index is 12.0. The number of nitrogens with two attached hydrogens (primary N) is 1. The van der Waals surface area contributed by atoms with Crippen LogP contribution < -0.4 is 15.8 Å². The molecule has 0 fully saturated rings. The number of carbonyl (C=O) groups is 1. The molecule has 2 atom stereocenters. The third-order valence-electron chi connectivity index (χ3n) is 3.26. The monoisotopic (exact) mass is 309 g/mol. The molecule has 0 aromatic heterocycles. The van der Waals surface area contributed by atoms with Crippen LogP contribution in [0.1, 0.15) is 13.3 Å². The molecule has 1 amide bonds. The topological polar surface area (TPSA) is 101 Å². The van der Waals surface area contributed by atoms with E-state index >= 15 is 0 Å². The SMILES string of the molecule is CCS(=O)(=O)Nc1ccc(NC(=O)C2C=CC(N)C2)cc1. The van der Waals surface area contributed by atoms with Crippen LogP contribution in [0.5, 0.6) is 0 Å². The third-order valence-corrected chi connectivity index (χ3v) is 4.57. The lowest BCUT2D eigenvalue weighted by molar-refractivity contribution is -0.118. The first-order chi connectivity index (χ1) is 9.89. The van der Waals surface area contributed by atoms with Gasteiger partial charge in [0, 0.05) is 17.4 Å². The molecule has 1 aromatic rings. The number of hydrogen-bond donors (Lipinski definition) is 3. The van der Waals surface area contributed by atoms with Crippen LogP contribution in [0.15, 0.2) is 36.4 Å². The molecule has 0 aliphatic heterocycles. The molecule has 6 nitrogen and oxygen atoms in total. The lowest BCUT2D eigenvalue weighted by atomic mass is 10.1. The number of benzene rings is 1. The van der Waals surface area contributed by atoms with Crippen molar-refractivity contribution in [1.82, 2.24) is 0 Å². The molecule has 0 spiro atoms. The van der Waals surface area contributed by atoms with E-state index < -0.39 is 10.0 Å². The quantitative estimate of drug-likeness (QED) is 0.713. The first-order valence-corrected chi connectivity index (χ1v) is 8.40. The van der Waals surface area contributed by atoms with Crippen molar-refractivity contribution in [1.29, 1.82) is 0 Å². The molecule has 1 aliphatic carbocycles. The van der Waals surface area contributed by atoms with Crippen molar-refractivity contribution in [3.8, 4) is 0 Å². The van der Waals surface area contributed by atoms with Crippen LogP contribution in [0, 0.1) is 5.92 Å². The van der Waals surface area contributed by atoms with Crippen LogP contribution in [-0.4, -0.2) is 26.1 Å². The Morgan fingerprint density at radius 3 is 2.38 bits per heavy atom. The zero-order valence-electron chi connectivity index (χ0n) is 11.7. The predicted octanol–water partition coefficient (Wildman–Crippen LogP) is 1.29. The summed E-state index contributed by atoms with van der Waals surface area (Å²) in [4.78, 5) is 12.0. The zero-order valence-corrected chi connectivity index (χ0v) is 12.6. The summed E-state index contributed by atoms with van der Waals surface area (Å²) >= 11 is 0. The molecule has 2 rings (SSSR count). The largest absolute Gasteiger partial charge is 0.326 e. The van der Waals surface area contributed by atoms with Gasteiger partial charge in [-0.15, -0.1) is 0 Å². The van der Waals surface area contributed by atoms with Crippen LogP contribution >= 0.6 is 0 Å². The molecule has 4 N–H and O–H groups in total. The van der Waals surface area contributed by atoms with E-state index in [1.54, 1.807) is 31.2 Å². The Kier molecular flexibility index (Phi) is 4.64. The van der Waals surface area contributed by atoms with Gasteiger partial charge >= 0.3 is 0 Å². The average molecular weight is 309 g/mol. The summed E-state index contributed by atoms with van der Waals surface area (Å²) in [5, 5.41) is 2.79. The first-order valence-electron chi connectivity index (χ1n) is 6.75. The Morgan fingerprint density at radius 2 is 1.86 bits per heavy atom. The lowest BCUT2D eigenvalue weighted by Crippen LogP contribution is -2.24. The maximum Gasteiger partial charge on any atom is 0.232 e. The Hall–Kier alpha value is -1.86. The first kappa shape index (κ1) is 15.5. The second kappa shape index (κ2) is 6.28. The van der Waals surface area contributed by atoms with Crippen molar-refractivity contribution in [2.45, 2.75) is 19.4 Å². The summed E-state index contributed by atoms with van der Waals surface area (Å²) in [7, 11) is -3.29. The van der Waals surface area contributed by atoms with Crippen molar-refractivity contribution in [2.24, 2.45) is 11.7 Å². The zero-order chi connectivity index (χ0) is 15.5. The molecular formula is C14H19N3O3S. The molecule has 21 heavy (non-hydrogen) atoms. The lowest BCUT2D eigenvalue weighted by Gasteiger charge is -2.11. The van der Waals surface area contributed by atoms with Gasteiger partial charge in [0.2, 0.25) is 15.9 Å².